The second-order valence-electron chi connectivity index (χ2n) is 6.60. The predicted molar refractivity (Wildman–Crippen MR) is 77.0 cm³/mol. The summed E-state index contributed by atoms with van der Waals surface area (Å²) in [7, 11) is -0.741. The zero-order valence-corrected chi connectivity index (χ0v) is 13.9. The largest absolute Gasteiger partial charge is 0.393 e. The van der Waals surface area contributed by atoms with Crippen LogP contribution in [-0.2, 0) is 14.3 Å². The normalized spacial score (nSPS) is 25.3. The summed E-state index contributed by atoms with van der Waals surface area (Å²) >= 11 is 0. The van der Waals surface area contributed by atoms with Gasteiger partial charge in [-0.15, -0.1) is 0 Å². The molecule has 1 aliphatic heterocycles. The average molecular weight is 272 g/mol. The number of ether oxygens (including phenoxy) is 1. The molecule has 0 aromatic carbocycles. The Morgan fingerprint density at radius 3 is 1.61 bits per heavy atom. The SMILES string of the molecule is CC1C(=O)OC(=O)C1C.CCC(C)C[Si](C)(C)C. The number of carbonyl (C=O) groups excluding carboxylic acids is 2. The Hall–Kier alpha value is -0.643. The van der Waals surface area contributed by atoms with Crippen LogP contribution in [0.3, 0.4) is 0 Å². The summed E-state index contributed by atoms with van der Waals surface area (Å²) in [5.41, 5.74) is 0. The summed E-state index contributed by atoms with van der Waals surface area (Å²) in [5.74, 6) is -0.341. The molecule has 0 spiro atoms. The van der Waals surface area contributed by atoms with Crippen LogP contribution >= 0.6 is 0 Å². The summed E-state index contributed by atoms with van der Waals surface area (Å²) in [6.07, 6.45) is 1.35. The molecule has 0 aromatic heterocycles. The molecule has 4 heteroatoms. The van der Waals surface area contributed by atoms with Crippen LogP contribution in [0, 0.1) is 17.8 Å². The highest BCUT2D eigenvalue weighted by Crippen LogP contribution is 2.21. The Labute approximate surface area is 112 Å². The van der Waals surface area contributed by atoms with Crippen LogP contribution in [0.5, 0.6) is 0 Å². The van der Waals surface area contributed by atoms with E-state index in [1.165, 1.54) is 12.5 Å². The molecule has 1 heterocycles. The fourth-order valence-electron chi connectivity index (χ4n) is 1.88. The molecule has 0 amide bonds. The summed E-state index contributed by atoms with van der Waals surface area (Å²) in [4.78, 5) is 21.1. The summed E-state index contributed by atoms with van der Waals surface area (Å²) < 4.78 is 4.31. The van der Waals surface area contributed by atoms with Crippen LogP contribution in [0.25, 0.3) is 0 Å². The molecular formula is C14H28O3Si. The highest BCUT2D eigenvalue weighted by atomic mass is 28.3. The number of hydrogen-bond donors (Lipinski definition) is 0. The summed E-state index contributed by atoms with van der Waals surface area (Å²) in [6.45, 7) is 15.4. The van der Waals surface area contributed by atoms with Gasteiger partial charge in [0.15, 0.2) is 0 Å². The predicted octanol–water partition coefficient (Wildman–Crippen LogP) is 3.71. The van der Waals surface area contributed by atoms with Gasteiger partial charge >= 0.3 is 11.9 Å². The Kier molecular flexibility index (Phi) is 6.82. The van der Waals surface area contributed by atoms with Crippen molar-refractivity contribution in [2.75, 3.05) is 0 Å². The molecule has 3 atom stereocenters. The van der Waals surface area contributed by atoms with Gasteiger partial charge in [-0.1, -0.05) is 59.8 Å². The minimum absolute atomic E-state index is 0.252. The van der Waals surface area contributed by atoms with Gasteiger partial charge in [-0.2, -0.15) is 0 Å². The highest BCUT2D eigenvalue weighted by Gasteiger charge is 2.37. The van der Waals surface area contributed by atoms with Crippen molar-refractivity contribution in [1.29, 1.82) is 0 Å². The van der Waals surface area contributed by atoms with E-state index >= 15 is 0 Å². The molecule has 1 fully saturated rings. The van der Waals surface area contributed by atoms with E-state index in [1.807, 2.05) is 0 Å². The van der Waals surface area contributed by atoms with E-state index in [1.54, 1.807) is 13.8 Å². The standard InChI is InChI=1S/C8H20Si.C6H8O3/c1-6-8(2)7-9(3,4)5;1-3-4(2)6(8)9-5(3)7/h8H,6-7H2,1-5H3;3-4H,1-2H3. The molecule has 1 rings (SSSR count). The van der Waals surface area contributed by atoms with Gasteiger partial charge in [0.1, 0.15) is 0 Å². The van der Waals surface area contributed by atoms with E-state index in [9.17, 15) is 9.59 Å². The van der Waals surface area contributed by atoms with Crippen molar-refractivity contribution < 1.29 is 14.3 Å². The minimum Gasteiger partial charge on any atom is -0.393 e. The Bertz CT molecular complexity index is 276. The average Bonchev–Trinajstić information content (AvgIpc) is 2.44. The number of rotatable bonds is 3. The minimum atomic E-state index is -0.741. The maximum Gasteiger partial charge on any atom is 0.317 e. The summed E-state index contributed by atoms with van der Waals surface area (Å²) in [5, 5.41) is 0. The Morgan fingerprint density at radius 1 is 1.11 bits per heavy atom. The third kappa shape index (κ3) is 6.33. The molecule has 0 N–H and O–H groups in total. The zero-order valence-electron chi connectivity index (χ0n) is 12.9. The molecule has 18 heavy (non-hydrogen) atoms. The second kappa shape index (κ2) is 7.07. The Balaban J connectivity index is 0.000000321. The molecule has 0 saturated carbocycles. The van der Waals surface area contributed by atoms with Gasteiger partial charge in [-0.3, -0.25) is 9.59 Å². The smallest absolute Gasteiger partial charge is 0.317 e. The van der Waals surface area contributed by atoms with Crippen LogP contribution in [0.4, 0.5) is 0 Å². The molecule has 106 valence electrons. The fourth-order valence-corrected chi connectivity index (χ4v) is 4.26. The number of cyclic esters (lactones) is 2. The van der Waals surface area contributed by atoms with Gasteiger partial charge in [0.05, 0.1) is 11.8 Å². The van der Waals surface area contributed by atoms with Crippen molar-refractivity contribution >= 4 is 20.0 Å². The van der Waals surface area contributed by atoms with E-state index in [0.717, 1.165) is 5.92 Å². The number of esters is 2. The molecule has 3 nitrogen and oxygen atoms in total. The third-order valence-electron chi connectivity index (χ3n) is 3.35. The van der Waals surface area contributed by atoms with Gasteiger partial charge in [0.25, 0.3) is 0 Å². The van der Waals surface area contributed by atoms with E-state index < -0.39 is 20.0 Å². The molecule has 3 unspecified atom stereocenters. The highest BCUT2D eigenvalue weighted by molar-refractivity contribution is 6.76. The van der Waals surface area contributed by atoms with Gasteiger partial charge in [0, 0.05) is 8.07 Å². The second-order valence-corrected chi connectivity index (χ2v) is 12.1. The topological polar surface area (TPSA) is 43.4 Å². The number of hydrogen-bond acceptors (Lipinski definition) is 3. The van der Waals surface area contributed by atoms with Gasteiger partial charge in [-0.05, 0) is 5.92 Å². The third-order valence-corrected chi connectivity index (χ3v) is 5.27. The van der Waals surface area contributed by atoms with Crippen LogP contribution in [0.2, 0.25) is 25.7 Å². The first-order chi connectivity index (χ1) is 8.08. The molecule has 0 radical (unpaired) electrons. The van der Waals surface area contributed by atoms with Crippen LogP contribution < -0.4 is 0 Å². The maximum atomic E-state index is 10.6. The van der Waals surface area contributed by atoms with Crippen molar-refractivity contribution in [3.8, 4) is 0 Å². The maximum absolute atomic E-state index is 10.6. The lowest BCUT2D eigenvalue weighted by Crippen LogP contribution is -2.22. The zero-order chi connectivity index (χ0) is 14.5. The van der Waals surface area contributed by atoms with Crippen LogP contribution in [0.1, 0.15) is 34.1 Å². The monoisotopic (exact) mass is 272 g/mol. The first kappa shape index (κ1) is 17.4. The quantitative estimate of drug-likeness (QED) is 0.447. The summed E-state index contributed by atoms with van der Waals surface area (Å²) in [6, 6.07) is 1.49. The van der Waals surface area contributed by atoms with Crippen molar-refractivity contribution in [2.45, 2.75) is 59.8 Å². The lowest BCUT2D eigenvalue weighted by molar-refractivity contribution is -0.153. The fraction of sp³-hybridized carbons (Fsp3) is 0.857. The number of carbonyl (C=O) groups is 2. The molecule has 0 aromatic rings. The lowest BCUT2D eigenvalue weighted by atomic mass is 10.00. The van der Waals surface area contributed by atoms with Gasteiger partial charge in [-0.25, -0.2) is 0 Å². The van der Waals surface area contributed by atoms with E-state index in [-0.39, 0.29) is 11.8 Å². The molecule has 0 bridgehead atoms. The first-order valence-corrected chi connectivity index (χ1v) is 10.5. The van der Waals surface area contributed by atoms with Crippen LogP contribution in [0.15, 0.2) is 0 Å². The van der Waals surface area contributed by atoms with Gasteiger partial charge in [0.2, 0.25) is 0 Å². The van der Waals surface area contributed by atoms with Crippen molar-refractivity contribution in [1.82, 2.24) is 0 Å². The molecule has 1 saturated heterocycles. The van der Waals surface area contributed by atoms with Crippen LogP contribution in [-0.4, -0.2) is 20.0 Å². The first-order valence-electron chi connectivity index (χ1n) is 6.84. The lowest BCUT2D eigenvalue weighted by Gasteiger charge is -2.19. The van der Waals surface area contributed by atoms with E-state index in [4.69, 9.17) is 0 Å². The van der Waals surface area contributed by atoms with E-state index in [2.05, 4.69) is 38.2 Å². The van der Waals surface area contributed by atoms with Crippen molar-refractivity contribution in [3.05, 3.63) is 0 Å². The molecule has 1 aliphatic rings. The van der Waals surface area contributed by atoms with Gasteiger partial charge < -0.3 is 4.74 Å². The Morgan fingerprint density at radius 2 is 1.50 bits per heavy atom. The van der Waals surface area contributed by atoms with Crippen molar-refractivity contribution in [2.24, 2.45) is 17.8 Å². The molecule has 0 aliphatic carbocycles. The van der Waals surface area contributed by atoms with Crippen molar-refractivity contribution in [3.63, 3.8) is 0 Å². The van der Waals surface area contributed by atoms with E-state index in [0.29, 0.717) is 0 Å². The molecular weight excluding hydrogens is 244 g/mol.